The maximum Gasteiger partial charge on any atom is 0.431 e. The zero-order chi connectivity index (χ0) is 25.6. The number of aromatic nitrogens is 2. The Morgan fingerprint density at radius 1 is 1.12 bits per heavy atom. The van der Waals surface area contributed by atoms with Crippen molar-refractivity contribution in [2.75, 3.05) is 14.1 Å². The third-order valence-electron chi connectivity index (χ3n) is 4.84. The summed E-state index contributed by atoms with van der Waals surface area (Å²) in [5.74, 6) is -2.54. The summed E-state index contributed by atoms with van der Waals surface area (Å²) >= 11 is 5.90. The van der Waals surface area contributed by atoms with Gasteiger partial charge >= 0.3 is 22.1 Å². The number of alkyl halides is 3. The fraction of sp³-hybridized carbons (Fsp3) is 0.389. The minimum Gasteiger partial charge on any atom is -0.292 e. The van der Waals surface area contributed by atoms with Gasteiger partial charge in [-0.1, -0.05) is 11.6 Å². The minimum absolute atomic E-state index is 0.0758. The van der Waals surface area contributed by atoms with Gasteiger partial charge in [-0.15, -0.1) is 0 Å². The molecule has 0 unspecified atom stereocenters. The highest BCUT2D eigenvalue weighted by Crippen LogP contribution is 2.28. The van der Waals surface area contributed by atoms with Gasteiger partial charge in [-0.2, -0.15) is 25.9 Å². The molecule has 0 fully saturated rings. The molecule has 0 N–H and O–H groups in total. The second-order valence-electron chi connectivity index (χ2n) is 7.22. The molecule has 1 amide bonds. The van der Waals surface area contributed by atoms with E-state index in [9.17, 15) is 40.4 Å². The van der Waals surface area contributed by atoms with Gasteiger partial charge in [0.05, 0.1) is 16.3 Å². The van der Waals surface area contributed by atoms with Gasteiger partial charge in [-0.05, 0) is 26.0 Å². The van der Waals surface area contributed by atoms with E-state index in [0.29, 0.717) is 16.4 Å². The van der Waals surface area contributed by atoms with Gasteiger partial charge < -0.3 is 0 Å². The molecule has 0 atom stereocenters. The van der Waals surface area contributed by atoms with E-state index in [1.165, 1.54) is 7.05 Å². The Kier molecular flexibility index (Phi) is 7.17. The van der Waals surface area contributed by atoms with Crippen LogP contribution in [-0.4, -0.2) is 52.2 Å². The zero-order valence-electron chi connectivity index (χ0n) is 17.9. The van der Waals surface area contributed by atoms with Crippen molar-refractivity contribution in [2.45, 2.75) is 26.1 Å². The average molecular weight is 515 g/mol. The minimum atomic E-state index is -5.04. The highest BCUT2D eigenvalue weighted by atomic mass is 35.5. The second-order valence-corrected chi connectivity index (χ2v) is 9.64. The normalized spacial score (nSPS) is 12.5. The number of carbonyl (C=O) groups is 1. The summed E-state index contributed by atoms with van der Waals surface area (Å²) < 4.78 is 80.3. The molecular formula is C18H19ClF4N4O5S. The Bertz CT molecular complexity index is 1340. The first kappa shape index (κ1) is 26.5. The number of halogens is 5. The molecule has 0 aliphatic carbocycles. The van der Waals surface area contributed by atoms with Crippen molar-refractivity contribution in [3.05, 3.63) is 61.1 Å². The predicted octanol–water partition coefficient (Wildman–Crippen LogP) is 2.00. The Balaban J connectivity index is 2.74. The van der Waals surface area contributed by atoms with E-state index in [2.05, 4.69) is 0 Å². The van der Waals surface area contributed by atoms with E-state index in [1.54, 1.807) is 13.8 Å². The van der Waals surface area contributed by atoms with Gasteiger partial charge in [0.25, 0.3) is 11.5 Å². The lowest BCUT2D eigenvalue weighted by Gasteiger charge is -2.27. The van der Waals surface area contributed by atoms with Gasteiger partial charge in [-0.25, -0.2) is 18.1 Å². The number of benzene rings is 1. The van der Waals surface area contributed by atoms with Crippen molar-refractivity contribution < 1.29 is 30.8 Å². The smallest absolute Gasteiger partial charge is 0.292 e. The summed E-state index contributed by atoms with van der Waals surface area (Å²) in [5, 5.41) is -0.549. The molecule has 15 heteroatoms. The standard InChI is InChI=1S/C18H19ClF4N4O5S/c1-9(2)25(4)33(31,32)26(5)16(29)10-6-13(12(20)7-11(10)19)27-15(28)8-14(18(21,22)23)24(3)17(27)30/h6-9H,1-5H3. The van der Waals surface area contributed by atoms with Crippen LogP contribution in [0.3, 0.4) is 0 Å². The lowest BCUT2D eigenvalue weighted by Crippen LogP contribution is -2.45. The van der Waals surface area contributed by atoms with Crippen molar-refractivity contribution in [1.82, 2.24) is 17.7 Å². The number of amides is 1. The molecule has 9 nitrogen and oxygen atoms in total. The molecular weight excluding hydrogens is 496 g/mol. The molecule has 1 aromatic heterocycles. The fourth-order valence-corrected chi connectivity index (χ4v) is 4.18. The second kappa shape index (κ2) is 8.91. The third-order valence-corrected chi connectivity index (χ3v) is 7.16. The Labute approximate surface area is 190 Å². The fourth-order valence-electron chi connectivity index (χ4n) is 2.73. The van der Waals surface area contributed by atoms with Crippen LogP contribution in [0, 0.1) is 5.82 Å². The van der Waals surface area contributed by atoms with Crippen LogP contribution in [0.1, 0.15) is 29.9 Å². The lowest BCUT2D eigenvalue weighted by molar-refractivity contribution is -0.144. The summed E-state index contributed by atoms with van der Waals surface area (Å²) in [4.78, 5) is 37.6. The molecule has 1 aromatic carbocycles. The molecule has 0 radical (unpaired) electrons. The van der Waals surface area contributed by atoms with E-state index in [-0.39, 0.29) is 15.2 Å². The quantitative estimate of drug-likeness (QED) is 0.568. The first-order valence-corrected chi connectivity index (χ1v) is 10.9. The van der Waals surface area contributed by atoms with Crippen molar-refractivity contribution >= 4 is 27.7 Å². The molecule has 0 bridgehead atoms. The van der Waals surface area contributed by atoms with Crippen LogP contribution < -0.4 is 11.2 Å². The van der Waals surface area contributed by atoms with Crippen LogP contribution in [0.15, 0.2) is 27.8 Å². The van der Waals surface area contributed by atoms with Gasteiger partial charge in [0, 0.05) is 33.3 Å². The summed E-state index contributed by atoms with van der Waals surface area (Å²) in [6.07, 6.45) is -5.04. The third kappa shape index (κ3) is 4.82. The van der Waals surface area contributed by atoms with Crippen molar-refractivity contribution in [3.63, 3.8) is 0 Å². The van der Waals surface area contributed by atoms with E-state index < -0.39 is 67.4 Å². The van der Waals surface area contributed by atoms with Crippen LogP contribution in [0.25, 0.3) is 5.69 Å². The SMILES string of the molecule is CC(C)N(C)S(=O)(=O)N(C)C(=O)c1cc(-n2c(=O)cc(C(F)(F)F)n(C)c2=O)c(F)cc1Cl. The molecule has 1 heterocycles. The molecule has 2 rings (SSSR count). The zero-order valence-corrected chi connectivity index (χ0v) is 19.5. The van der Waals surface area contributed by atoms with Gasteiger partial charge in [0.15, 0.2) is 0 Å². The van der Waals surface area contributed by atoms with Crippen molar-refractivity contribution in [1.29, 1.82) is 0 Å². The first-order chi connectivity index (χ1) is 14.9. The van der Waals surface area contributed by atoms with E-state index in [0.717, 1.165) is 18.4 Å². The Morgan fingerprint density at radius 2 is 1.67 bits per heavy atom. The van der Waals surface area contributed by atoms with E-state index in [4.69, 9.17) is 11.6 Å². The van der Waals surface area contributed by atoms with E-state index >= 15 is 0 Å². The molecule has 33 heavy (non-hydrogen) atoms. The van der Waals surface area contributed by atoms with E-state index in [1.807, 2.05) is 0 Å². The molecule has 0 saturated heterocycles. The molecule has 182 valence electrons. The van der Waals surface area contributed by atoms with Gasteiger partial charge in [0.1, 0.15) is 11.5 Å². The van der Waals surface area contributed by atoms with Crippen molar-refractivity contribution in [3.8, 4) is 5.69 Å². The number of rotatable bonds is 5. The van der Waals surface area contributed by atoms with Gasteiger partial charge in [-0.3, -0.25) is 14.2 Å². The van der Waals surface area contributed by atoms with Crippen LogP contribution in [-0.2, 0) is 23.4 Å². The lowest BCUT2D eigenvalue weighted by atomic mass is 10.1. The predicted molar refractivity (Wildman–Crippen MR) is 111 cm³/mol. The van der Waals surface area contributed by atoms with Crippen LogP contribution in [0.2, 0.25) is 5.02 Å². The Morgan fingerprint density at radius 3 is 2.15 bits per heavy atom. The first-order valence-electron chi connectivity index (χ1n) is 9.08. The maximum absolute atomic E-state index is 14.6. The summed E-state index contributed by atoms with van der Waals surface area (Å²) in [5.41, 5.74) is -6.13. The number of hydrogen-bond acceptors (Lipinski definition) is 5. The largest absolute Gasteiger partial charge is 0.431 e. The average Bonchev–Trinajstić information content (AvgIpc) is 2.69. The summed E-state index contributed by atoms with van der Waals surface area (Å²) in [7, 11) is -1.47. The van der Waals surface area contributed by atoms with Crippen LogP contribution in [0.4, 0.5) is 17.6 Å². The highest BCUT2D eigenvalue weighted by Gasteiger charge is 2.36. The van der Waals surface area contributed by atoms with Crippen LogP contribution in [0.5, 0.6) is 0 Å². The molecule has 2 aromatic rings. The number of hydrogen-bond donors (Lipinski definition) is 0. The maximum atomic E-state index is 14.6. The molecule has 0 aliphatic heterocycles. The topological polar surface area (TPSA) is 102 Å². The monoisotopic (exact) mass is 514 g/mol. The van der Waals surface area contributed by atoms with Crippen LogP contribution >= 0.6 is 11.6 Å². The molecule has 0 spiro atoms. The molecule has 0 saturated carbocycles. The Hall–Kier alpha value is -2.71. The van der Waals surface area contributed by atoms with Gasteiger partial charge in [0.2, 0.25) is 0 Å². The summed E-state index contributed by atoms with van der Waals surface area (Å²) in [6, 6.07) is 0.723. The summed E-state index contributed by atoms with van der Waals surface area (Å²) in [6.45, 7) is 3.09. The molecule has 0 aliphatic rings. The van der Waals surface area contributed by atoms with Crippen molar-refractivity contribution in [2.24, 2.45) is 7.05 Å². The number of carbonyl (C=O) groups excluding carboxylic acids is 1. The highest BCUT2D eigenvalue weighted by molar-refractivity contribution is 7.87. The number of nitrogens with zero attached hydrogens (tertiary/aromatic N) is 4.